The fourth-order valence-corrected chi connectivity index (χ4v) is 5.17. The first-order valence-electron chi connectivity index (χ1n) is 8.63. The van der Waals surface area contributed by atoms with Gasteiger partial charge in [0.15, 0.2) is 0 Å². The van der Waals surface area contributed by atoms with Gasteiger partial charge in [0.25, 0.3) is 5.91 Å². The quantitative estimate of drug-likeness (QED) is 0.416. The molecule has 0 fully saturated rings. The van der Waals surface area contributed by atoms with Crippen LogP contribution in [0.25, 0.3) is 20.7 Å². The Bertz CT molecular complexity index is 1220. The molecule has 4 heterocycles. The van der Waals surface area contributed by atoms with Crippen LogP contribution in [0.15, 0.2) is 53.9 Å². The van der Waals surface area contributed by atoms with E-state index < -0.39 is 18.0 Å². The first-order chi connectivity index (χ1) is 13.9. The van der Waals surface area contributed by atoms with E-state index in [0.29, 0.717) is 26.4 Å². The van der Waals surface area contributed by atoms with Crippen molar-refractivity contribution in [1.82, 2.24) is 10.3 Å². The van der Waals surface area contributed by atoms with E-state index in [1.54, 1.807) is 17.5 Å². The third kappa shape index (κ3) is 3.06. The van der Waals surface area contributed by atoms with Gasteiger partial charge in [-0.25, -0.2) is 4.98 Å². The van der Waals surface area contributed by atoms with Crippen molar-refractivity contribution in [2.75, 3.05) is 5.32 Å². The van der Waals surface area contributed by atoms with Crippen molar-refractivity contribution in [3.8, 4) is 10.4 Å². The van der Waals surface area contributed by atoms with Crippen LogP contribution in [-0.2, 0) is 6.18 Å². The molecule has 0 bridgehead atoms. The van der Waals surface area contributed by atoms with Crippen molar-refractivity contribution in [1.29, 1.82) is 0 Å². The number of fused-ring (bicyclic) bond motifs is 3. The summed E-state index contributed by atoms with van der Waals surface area (Å²) >= 11 is 2.31. The van der Waals surface area contributed by atoms with Gasteiger partial charge in [-0.05, 0) is 23.1 Å². The van der Waals surface area contributed by atoms with Gasteiger partial charge in [0, 0.05) is 15.8 Å². The van der Waals surface area contributed by atoms with Crippen molar-refractivity contribution in [3.05, 3.63) is 70.0 Å². The Morgan fingerprint density at radius 2 is 1.83 bits per heavy atom. The van der Waals surface area contributed by atoms with Gasteiger partial charge >= 0.3 is 6.18 Å². The number of halogens is 3. The number of benzene rings is 1. The first-order valence-corrected chi connectivity index (χ1v) is 10.3. The molecule has 29 heavy (non-hydrogen) atoms. The highest BCUT2D eigenvalue weighted by Gasteiger charge is 2.36. The smallest absolute Gasteiger partial charge is 0.360 e. The molecule has 4 aromatic rings. The first kappa shape index (κ1) is 18.1. The number of amides is 1. The largest absolute Gasteiger partial charge is 0.433 e. The molecule has 1 aromatic carbocycles. The number of pyridine rings is 1. The van der Waals surface area contributed by atoms with E-state index >= 15 is 0 Å². The maximum absolute atomic E-state index is 13.4. The van der Waals surface area contributed by atoms with Gasteiger partial charge < -0.3 is 10.6 Å². The number of thiophene rings is 2. The van der Waals surface area contributed by atoms with Gasteiger partial charge in [0.05, 0.1) is 5.69 Å². The summed E-state index contributed by atoms with van der Waals surface area (Å²) < 4.78 is 40.3. The maximum Gasteiger partial charge on any atom is 0.433 e. The summed E-state index contributed by atoms with van der Waals surface area (Å²) in [6, 6.07) is 13.9. The fourth-order valence-electron chi connectivity index (χ4n) is 3.36. The Balaban J connectivity index is 1.75. The zero-order valence-electron chi connectivity index (χ0n) is 14.6. The lowest BCUT2D eigenvalue weighted by Crippen LogP contribution is -2.37. The number of nitrogens with zero attached hydrogens (tertiary/aromatic N) is 1. The van der Waals surface area contributed by atoms with E-state index in [0.717, 1.165) is 23.0 Å². The summed E-state index contributed by atoms with van der Waals surface area (Å²) in [5, 5.41) is 8.50. The Morgan fingerprint density at radius 1 is 1.03 bits per heavy atom. The van der Waals surface area contributed by atoms with Crippen LogP contribution in [0.1, 0.15) is 27.1 Å². The standard InChI is InChI=1S/C20H12F3N3OS2/c21-20(22,23)13-9-11(12-7-4-8-28-12)14-15-16(29-19(14)24-13)18(27)26-17(25-15)10-5-2-1-3-6-10/h1-9,17,25H,(H,26,27)/t17-/m0/s1. The zero-order valence-corrected chi connectivity index (χ0v) is 16.2. The molecule has 1 aliphatic heterocycles. The molecular formula is C20H12F3N3OS2. The van der Waals surface area contributed by atoms with E-state index in [1.807, 2.05) is 30.3 Å². The molecule has 0 saturated heterocycles. The molecule has 2 N–H and O–H groups in total. The molecule has 4 nitrogen and oxygen atoms in total. The monoisotopic (exact) mass is 431 g/mol. The summed E-state index contributed by atoms with van der Waals surface area (Å²) in [7, 11) is 0. The summed E-state index contributed by atoms with van der Waals surface area (Å²) in [4.78, 5) is 17.8. The molecule has 0 radical (unpaired) electrons. The van der Waals surface area contributed by atoms with Gasteiger partial charge in [0.2, 0.25) is 0 Å². The lowest BCUT2D eigenvalue weighted by molar-refractivity contribution is -0.140. The predicted octanol–water partition coefficient (Wildman–Crippen LogP) is 5.90. The van der Waals surface area contributed by atoms with Crippen LogP contribution in [0.5, 0.6) is 0 Å². The van der Waals surface area contributed by atoms with Crippen LogP contribution in [0.3, 0.4) is 0 Å². The number of rotatable bonds is 2. The van der Waals surface area contributed by atoms with Gasteiger partial charge in [0.1, 0.15) is 21.6 Å². The molecule has 146 valence electrons. The molecule has 5 rings (SSSR count). The summed E-state index contributed by atoms with van der Waals surface area (Å²) in [6.07, 6.45) is -5.06. The lowest BCUT2D eigenvalue weighted by Gasteiger charge is -2.26. The highest BCUT2D eigenvalue weighted by atomic mass is 32.1. The third-order valence-corrected chi connectivity index (χ3v) is 6.63. The molecular weight excluding hydrogens is 419 g/mol. The normalized spacial score (nSPS) is 16.4. The summed E-state index contributed by atoms with van der Waals surface area (Å²) in [5.41, 5.74) is 0.825. The minimum absolute atomic E-state index is 0.185. The number of aromatic nitrogens is 1. The Morgan fingerprint density at radius 3 is 2.52 bits per heavy atom. The molecule has 3 aromatic heterocycles. The van der Waals surface area contributed by atoms with Gasteiger partial charge in [-0.3, -0.25) is 4.79 Å². The van der Waals surface area contributed by atoms with Crippen LogP contribution in [0.4, 0.5) is 18.9 Å². The lowest BCUT2D eigenvalue weighted by atomic mass is 10.0. The van der Waals surface area contributed by atoms with Crippen LogP contribution >= 0.6 is 22.7 Å². The van der Waals surface area contributed by atoms with Crippen LogP contribution in [0.2, 0.25) is 0 Å². The van der Waals surface area contributed by atoms with E-state index in [-0.39, 0.29) is 10.7 Å². The van der Waals surface area contributed by atoms with Crippen molar-refractivity contribution in [3.63, 3.8) is 0 Å². The Kier molecular flexibility index (Phi) is 4.11. The second-order valence-electron chi connectivity index (χ2n) is 6.48. The number of nitrogens with one attached hydrogen (secondary N) is 2. The Labute approximate surface area is 171 Å². The van der Waals surface area contributed by atoms with Gasteiger partial charge in [-0.2, -0.15) is 13.2 Å². The van der Waals surface area contributed by atoms with Crippen molar-refractivity contribution >= 4 is 44.5 Å². The molecule has 0 saturated carbocycles. The van der Waals surface area contributed by atoms with Crippen molar-refractivity contribution < 1.29 is 18.0 Å². The minimum atomic E-state index is -4.58. The predicted molar refractivity (Wildman–Crippen MR) is 108 cm³/mol. The Hall–Kier alpha value is -2.91. The van der Waals surface area contributed by atoms with E-state index in [9.17, 15) is 18.0 Å². The van der Waals surface area contributed by atoms with Crippen molar-refractivity contribution in [2.45, 2.75) is 12.3 Å². The SMILES string of the molecule is O=C1N[C@@H](c2ccccc2)Nc2c1sc1nc(C(F)(F)F)cc(-c3cccs3)c21. The molecule has 0 spiro atoms. The second-order valence-corrected chi connectivity index (χ2v) is 8.42. The molecule has 1 aliphatic rings. The summed E-state index contributed by atoms with van der Waals surface area (Å²) in [5.74, 6) is -0.332. The number of carbonyl (C=O) groups is 1. The van der Waals surface area contributed by atoms with E-state index in [1.165, 1.54) is 11.3 Å². The third-order valence-electron chi connectivity index (χ3n) is 4.64. The van der Waals surface area contributed by atoms with Crippen molar-refractivity contribution in [2.24, 2.45) is 0 Å². The fraction of sp³-hybridized carbons (Fsp3) is 0.100. The van der Waals surface area contributed by atoms with Crippen LogP contribution in [-0.4, -0.2) is 10.9 Å². The van der Waals surface area contributed by atoms with Gasteiger partial charge in [-0.15, -0.1) is 22.7 Å². The molecule has 1 atom stereocenters. The topological polar surface area (TPSA) is 54.0 Å². The minimum Gasteiger partial charge on any atom is -0.360 e. The second kappa shape index (κ2) is 6.57. The number of hydrogen-bond donors (Lipinski definition) is 2. The van der Waals surface area contributed by atoms with Crippen LogP contribution in [0, 0.1) is 0 Å². The highest BCUT2D eigenvalue weighted by Crippen LogP contribution is 2.46. The average Bonchev–Trinajstić information content (AvgIpc) is 3.35. The summed E-state index contributed by atoms with van der Waals surface area (Å²) in [6.45, 7) is 0. The molecule has 0 aliphatic carbocycles. The highest BCUT2D eigenvalue weighted by molar-refractivity contribution is 7.21. The molecule has 1 amide bonds. The number of carbonyl (C=O) groups excluding carboxylic acids is 1. The zero-order chi connectivity index (χ0) is 20.2. The number of anilines is 1. The van der Waals surface area contributed by atoms with E-state index in [4.69, 9.17) is 0 Å². The molecule has 9 heteroatoms. The average molecular weight is 431 g/mol. The maximum atomic E-state index is 13.4. The van der Waals surface area contributed by atoms with E-state index in [2.05, 4.69) is 15.6 Å². The number of alkyl halides is 3. The van der Waals surface area contributed by atoms with Gasteiger partial charge in [-0.1, -0.05) is 36.4 Å². The number of hydrogen-bond acceptors (Lipinski definition) is 5. The molecule has 0 unspecified atom stereocenters. The van der Waals surface area contributed by atoms with Crippen LogP contribution < -0.4 is 10.6 Å².